The number of hydrogen-bond donors (Lipinski definition) is 1. The lowest BCUT2D eigenvalue weighted by Crippen LogP contribution is -2.21. The van der Waals surface area contributed by atoms with Crippen molar-refractivity contribution < 1.29 is 18.7 Å². The quantitative estimate of drug-likeness (QED) is 0.785. The Hall–Kier alpha value is -2.89. The van der Waals surface area contributed by atoms with E-state index in [1.807, 2.05) is 43.3 Å². The third-order valence-electron chi connectivity index (χ3n) is 3.56. The zero-order valence-corrected chi connectivity index (χ0v) is 14.3. The van der Waals surface area contributed by atoms with Crippen LogP contribution in [0.2, 0.25) is 0 Å². The second-order valence-electron chi connectivity index (χ2n) is 5.78. The number of nitrogens with one attached hydrogen (secondary N) is 1. The Bertz CT molecular complexity index is 712. The highest BCUT2D eigenvalue weighted by molar-refractivity contribution is 5.92. The van der Waals surface area contributed by atoms with E-state index in [1.165, 1.54) is 24.3 Å². The van der Waals surface area contributed by atoms with Gasteiger partial charge in [0.2, 0.25) is 0 Å². The van der Waals surface area contributed by atoms with Crippen LogP contribution in [0.1, 0.15) is 12.0 Å². The highest BCUT2D eigenvalue weighted by Crippen LogP contribution is 2.13. The van der Waals surface area contributed by atoms with Crippen molar-refractivity contribution in [2.45, 2.75) is 12.8 Å². The molecule has 25 heavy (non-hydrogen) atoms. The van der Waals surface area contributed by atoms with E-state index in [2.05, 4.69) is 5.32 Å². The fourth-order valence-corrected chi connectivity index (χ4v) is 2.16. The van der Waals surface area contributed by atoms with E-state index >= 15 is 0 Å². The Morgan fingerprint density at radius 3 is 2.28 bits per heavy atom. The summed E-state index contributed by atoms with van der Waals surface area (Å²) in [5.74, 6) is -1.29. The number of nitrogens with zero attached hydrogens (tertiary/aromatic N) is 1. The number of hydrogen-bond acceptors (Lipinski definition) is 4. The zero-order valence-electron chi connectivity index (χ0n) is 14.3. The summed E-state index contributed by atoms with van der Waals surface area (Å²) in [5, 5.41) is 2.53. The molecule has 0 bridgehead atoms. The van der Waals surface area contributed by atoms with E-state index in [9.17, 15) is 14.0 Å². The third-order valence-corrected chi connectivity index (χ3v) is 3.56. The van der Waals surface area contributed by atoms with Gasteiger partial charge in [-0.05, 0) is 48.4 Å². The lowest BCUT2D eigenvalue weighted by Gasteiger charge is -2.12. The Kier molecular flexibility index (Phi) is 6.51. The number of amides is 1. The predicted molar refractivity (Wildman–Crippen MR) is 95.1 cm³/mol. The van der Waals surface area contributed by atoms with Crippen LogP contribution in [0.5, 0.6) is 0 Å². The standard InChI is InChI=1S/C19H21FN2O3/c1-22(2)17-10-3-14(4-11-17)5-12-19(24)25-13-18(23)21-16-8-6-15(20)7-9-16/h3-4,6-11H,5,12-13H2,1-2H3,(H,21,23). The van der Waals surface area contributed by atoms with Crippen molar-refractivity contribution in [3.63, 3.8) is 0 Å². The molecule has 0 unspecified atom stereocenters. The summed E-state index contributed by atoms with van der Waals surface area (Å²) in [7, 11) is 3.92. The van der Waals surface area contributed by atoms with Gasteiger partial charge < -0.3 is 15.0 Å². The van der Waals surface area contributed by atoms with Gasteiger partial charge in [-0.1, -0.05) is 12.1 Å². The zero-order chi connectivity index (χ0) is 18.2. The number of aryl methyl sites for hydroxylation is 1. The minimum Gasteiger partial charge on any atom is -0.456 e. The summed E-state index contributed by atoms with van der Waals surface area (Å²) >= 11 is 0. The first-order chi connectivity index (χ1) is 11.9. The van der Waals surface area contributed by atoms with Crippen LogP contribution in [0.15, 0.2) is 48.5 Å². The van der Waals surface area contributed by atoms with Crippen LogP contribution in [0.25, 0.3) is 0 Å². The molecule has 0 atom stereocenters. The van der Waals surface area contributed by atoms with Gasteiger partial charge in [0.1, 0.15) is 5.82 Å². The molecule has 1 amide bonds. The van der Waals surface area contributed by atoms with E-state index < -0.39 is 11.9 Å². The molecule has 0 aliphatic rings. The van der Waals surface area contributed by atoms with Crippen molar-refractivity contribution >= 4 is 23.3 Å². The van der Waals surface area contributed by atoms with Crippen LogP contribution >= 0.6 is 0 Å². The smallest absolute Gasteiger partial charge is 0.306 e. The number of carbonyl (C=O) groups is 2. The average molecular weight is 344 g/mol. The van der Waals surface area contributed by atoms with Gasteiger partial charge in [-0.2, -0.15) is 0 Å². The van der Waals surface area contributed by atoms with E-state index in [0.717, 1.165) is 11.3 Å². The molecule has 0 saturated heterocycles. The number of rotatable bonds is 7. The highest BCUT2D eigenvalue weighted by atomic mass is 19.1. The van der Waals surface area contributed by atoms with Crippen LogP contribution in [0.4, 0.5) is 15.8 Å². The summed E-state index contributed by atoms with van der Waals surface area (Å²) in [5.41, 5.74) is 2.56. The van der Waals surface area contributed by atoms with Crippen molar-refractivity contribution in [1.82, 2.24) is 0 Å². The first-order valence-electron chi connectivity index (χ1n) is 7.91. The summed E-state index contributed by atoms with van der Waals surface area (Å²) in [6, 6.07) is 13.2. The van der Waals surface area contributed by atoms with Crippen molar-refractivity contribution in [3.05, 3.63) is 59.9 Å². The molecule has 5 nitrogen and oxygen atoms in total. The Morgan fingerprint density at radius 2 is 1.68 bits per heavy atom. The lowest BCUT2D eigenvalue weighted by molar-refractivity contribution is -0.147. The van der Waals surface area contributed by atoms with Gasteiger partial charge in [-0.15, -0.1) is 0 Å². The SMILES string of the molecule is CN(C)c1ccc(CCC(=O)OCC(=O)Nc2ccc(F)cc2)cc1. The molecule has 0 aliphatic heterocycles. The molecule has 0 saturated carbocycles. The number of anilines is 2. The molecule has 0 fully saturated rings. The molecule has 132 valence electrons. The Morgan fingerprint density at radius 1 is 1.04 bits per heavy atom. The molecule has 0 spiro atoms. The second-order valence-corrected chi connectivity index (χ2v) is 5.78. The summed E-state index contributed by atoms with van der Waals surface area (Å²) in [6.45, 7) is -0.365. The molecular formula is C19H21FN2O3. The number of esters is 1. The van der Waals surface area contributed by atoms with E-state index in [4.69, 9.17) is 4.74 Å². The minimum absolute atomic E-state index is 0.200. The molecule has 2 rings (SSSR count). The molecule has 2 aromatic rings. The van der Waals surface area contributed by atoms with Gasteiger partial charge in [-0.3, -0.25) is 9.59 Å². The Labute approximate surface area is 146 Å². The molecule has 6 heteroatoms. The maximum atomic E-state index is 12.8. The lowest BCUT2D eigenvalue weighted by atomic mass is 10.1. The highest BCUT2D eigenvalue weighted by Gasteiger charge is 2.08. The minimum atomic E-state index is -0.463. The molecule has 1 N–H and O–H groups in total. The summed E-state index contributed by atoms with van der Waals surface area (Å²) < 4.78 is 17.7. The van der Waals surface area contributed by atoms with Crippen LogP contribution in [0.3, 0.4) is 0 Å². The summed E-state index contributed by atoms with van der Waals surface area (Å²) in [6.07, 6.45) is 0.747. The molecule has 2 aromatic carbocycles. The van der Waals surface area contributed by atoms with Crippen LogP contribution in [-0.4, -0.2) is 32.6 Å². The maximum Gasteiger partial charge on any atom is 0.306 e. The van der Waals surface area contributed by atoms with Crippen LogP contribution < -0.4 is 10.2 Å². The van der Waals surface area contributed by atoms with Crippen molar-refractivity contribution in [1.29, 1.82) is 0 Å². The van der Waals surface area contributed by atoms with Crippen molar-refractivity contribution in [2.24, 2.45) is 0 Å². The third kappa shape index (κ3) is 6.25. The van der Waals surface area contributed by atoms with E-state index in [1.54, 1.807) is 0 Å². The number of halogens is 1. The fraction of sp³-hybridized carbons (Fsp3) is 0.263. The monoisotopic (exact) mass is 344 g/mol. The van der Waals surface area contributed by atoms with E-state index in [-0.39, 0.29) is 18.8 Å². The normalized spacial score (nSPS) is 10.2. The molecule has 0 radical (unpaired) electrons. The van der Waals surface area contributed by atoms with E-state index in [0.29, 0.717) is 12.1 Å². The van der Waals surface area contributed by atoms with Gasteiger partial charge >= 0.3 is 5.97 Å². The Balaban J connectivity index is 1.71. The van der Waals surface area contributed by atoms with Gasteiger partial charge in [0.05, 0.1) is 0 Å². The number of carbonyl (C=O) groups excluding carboxylic acids is 2. The average Bonchev–Trinajstić information content (AvgIpc) is 2.60. The van der Waals surface area contributed by atoms with Gasteiger partial charge in [-0.25, -0.2) is 4.39 Å². The fourth-order valence-electron chi connectivity index (χ4n) is 2.16. The van der Waals surface area contributed by atoms with Gasteiger partial charge in [0.25, 0.3) is 5.91 Å². The second kappa shape index (κ2) is 8.82. The topological polar surface area (TPSA) is 58.6 Å². The molecule has 0 aromatic heterocycles. The van der Waals surface area contributed by atoms with Gasteiger partial charge in [0, 0.05) is 31.9 Å². The summed E-state index contributed by atoms with van der Waals surface area (Å²) in [4.78, 5) is 25.4. The maximum absolute atomic E-state index is 12.8. The first-order valence-corrected chi connectivity index (χ1v) is 7.91. The molecule has 0 aliphatic carbocycles. The van der Waals surface area contributed by atoms with Crippen molar-refractivity contribution in [2.75, 3.05) is 30.9 Å². The molecular weight excluding hydrogens is 323 g/mol. The molecule has 0 heterocycles. The van der Waals surface area contributed by atoms with Crippen LogP contribution in [0, 0.1) is 5.82 Å². The largest absolute Gasteiger partial charge is 0.456 e. The van der Waals surface area contributed by atoms with Gasteiger partial charge in [0.15, 0.2) is 6.61 Å². The first kappa shape index (κ1) is 18.4. The number of benzene rings is 2. The number of ether oxygens (including phenoxy) is 1. The van der Waals surface area contributed by atoms with Crippen molar-refractivity contribution in [3.8, 4) is 0 Å². The van der Waals surface area contributed by atoms with Crippen LogP contribution in [-0.2, 0) is 20.7 Å². The predicted octanol–water partition coefficient (Wildman–Crippen LogP) is 3.01.